The van der Waals surface area contributed by atoms with Crippen molar-refractivity contribution >= 4 is 32.4 Å². The maximum atomic E-state index is 13.2. The van der Waals surface area contributed by atoms with Crippen LogP contribution in [0.2, 0.25) is 0 Å². The molecule has 0 atom stereocenters. The maximum Gasteiger partial charge on any atom is 0.243 e. The summed E-state index contributed by atoms with van der Waals surface area (Å²) in [5.74, 6) is -0.616. The first-order valence-electron chi connectivity index (χ1n) is 11.0. The first kappa shape index (κ1) is 22.3. The molecule has 5 rings (SSSR count). The Morgan fingerprint density at radius 3 is 2.50 bits per heavy atom. The van der Waals surface area contributed by atoms with Crippen LogP contribution in [-0.4, -0.2) is 25.2 Å². The Balaban J connectivity index is 1.32. The predicted octanol–water partition coefficient (Wildman–Crippen LogP) is 4.91. The summed E-state index contributed by atoms with van der Waals surface area (Å²) in [5.41, 5.74) is 3.48. The first-order valence-corrected chi connectivity index (χ1v) is 12.5. The summed E-state index contributed by atoms with van der Waals surface area (Å²) >= 11 is 0. The van der Waals surface area contributed by atoms with Crippen molar-refractivity contribution in [2.45, 2.75) is 24.3 Å². The minimum absolute atomic E-state index is 0.0666. The summed E-state index contributed by atoms with van der Waals surface area (Å²) in [7, 11) is -3.74. The number of hydrogen-bond acceptors (Lipinski definition) is 3. The van der Waals surface area contributed by atoms with Crippen LogP contribution in [0.25, 0.3) is 10.8 Å². The molecule has 1 aliphatic heterocycles. The number of anilines is 1. The number of fused-ring (bicyclic) bond motifs is 2. The minimum Gasteiger partial charge on any atom is -0.326 e. The Bertz CT molecular complexity index is 1480. The van der Waals surface area contributed by atoms with Gasteiger partial charge in [0.15, 0.2) is 0 Å². The van der Waals surface area contributed by atoms with Crippen LogP contribution in [0.15, 0.2) is 89.8 Å². The molecule has 0 aromatic heterocycles. The minimum atomic E-state index is -3.74. The monoisotopic (exact) mass is 474 g/mol. The Labute approximate surface area is 197 Å². The van der Waals surface area contributed by atoms with Gasteiger partial charge in [-0.05, 0) is 70.3 Å². The molecular weight excluding hydrogens is 451 g/mol. The zero-order valence-corrected chi connectivity index (χ0v) is 19.2. The number of nitrogens with zero attached hydrogens (tertiary/aromatic N) is 1. The van der Waals surface area contributed by atoms with Crippen molar-refractivity contribution in [3.05, 3.63) is 107 Å². The highest BCUT2D eigenvalue weighted by Gasteiger charge is 2.28. The fourth-order valence-corrected chi connectivity index (χ4v) is 5.81. The van der Waals surface area contributed by atoms with E-state index in [1.54, 1.807) is 0 Å². The second-order valence-corrected chi connectivity index (χ2v) is 10.3. The number of sulfonamides is 1. The number of carbonyl (C=O) groups excluding carboxylic acids is 1. The van der Waals surface area contributed by atoms with Gasteiger partial charge in [-0.25, -0.2) is 12.8 Å². The number of nitrogens with one attached hydrogen (secondary N) is 1. The van der Waals surface area contributed by atoms with Gasteiger partial charge in [-0.2, -0.15) is 4.31 Å². The lowest BCUT2D eigenvalue weighted by molar-refractivity contribution is -0.115. The van der Waals surface area contributed by atoms with Gasteiger partial charge in [0.25, 0.3) is 0 Å². The Morgan fingerprint density at radius 2 is 1.68 bits per heavy atom. The average molecular weight is 475 g/mol. The number of carbonyl (C=O) groups is 1. The Hall–Kier alpha value is -3.55. The molecule has 1 N–H and O–H groups in total. The Kier molecular flexibility index (Phi) is 5.89. The maximum absolute atomic E-state index is 13.2. The highest BCUT2D eigenvalue weighted by atomic mass is 32.2. The van der Waals surface area contributed by atoms with Crippen LogP contribution in [0.5, 0.6) is 0 Å². The van der Waals surface area contributed by atoms with E-state index in [1.807, 2.05) is 60.7 Å². The zero-order valence-electron chi connectivity index (χ0n) is 18.4. The molecule has 0 radical (unpaired) electrons. The molecule has 4 aromatic carbocycles. The van der Waals surface area contributed by atoms with Gasteiger partial charge >= 0.3 is 0 Å². The lowest BCUT2D eigenvalue weighted by Gasteiger charge is -2.28. The summed E-state index contributed by atoms with van der Waals surface area (Å²) in [6.45, 7) is 0.543. The SMILES string of the molecule is O=C(Cc1cccc2ccccc12)Nc1ccc2c(c1)CN(S(=O)(=O)c1ccc(F)cc1)CC2. The molecule has 1 amide bonds. The number of rotatable bonds is 5. The van der Waals surface area contributed by atoms with E-state index in [-0.39, 0.29) is 23.8 Å². The molecule has 1 aliphatic rings. The van der Waals surface area contributed by atoms with Crippen molar-refractivity contribution in [2.24, 2.45) is 0 Å². The summed E-state index contributed by atoms with van der Waals surface area (Å²) < 4.78 is 40.7. The second-order valence-electron chi connectivity index (χ2n) is 8.39. The standard InChI is InChI=1S/C27H23FN2O3S/c28-23-9-12-25(13-10-23)34(32,33)30-15-14-19-8-11-24(16-22(19)18-30)29-27(31)17-21-6-3-5-20-4-1-2-7-26(20)21/h1-13,16H,14-15,17-18H2,(H,29,31). The molecule has 1 heterocycles. The average Bonchev–Trinajstić information content (AvgIpc) is 2.84. The van der Waals surface area contributed by atoms with Gasteiger partial charge in [0.1, 0.15) is 5.82 Å². The highest BCUT2D eigenvalue weighted by Crippen LogP contribution is 2.27. The number of hydrogen-bond donors (Lipinski definition) is 1. The molecule has 0 bridgehead atoms. The zero-order chi connectivity index (χ0) is 23.7. The Morgan fingerprint density at radius 1 is 0.912 bits per heavy atom. The quantitative estimate of drug-likeness (QED) is 0.447. The third kappa shape index (κ3) is 4.44. The van der Waals surface area contributed by atoms with Crippen molar-refractivity contribution in [2.75, 3.05) is 11.9 Å². The number of amides is 1. The smallest absolute Gasteiger partial charge is 0.243 e. The van der Waals surface area contributed by atoms with Crippen LogP contribution in [0, 0.1) is 5.82 Å². The molecule has 4 aromatic rings. The molecule has 0 unspecified atom stereocenters. The second kappa shape index (κ2) is 9.00. The van der Waals surface area contributed by atoms with Crippen molar-refractivity contribution in [1.82, 2.24) is 4.31 Å². The van der Waals surface area contributed by atoms with E-state index in [0.717, 1.165) is 39.6 Å². The highest BCUT2D eigenvalue weighted by molar-refractivity contribution is 7.89. The van der Waals surface area contributed by atoms with Crippen LogP contribution < -0.4 is 5.32 Å². The van der Waals surface area contributed by atoms with Crippen LogP contribution in [-0.2, 0) is 34.2 Å². The van der Waals surface area contributed by atoms with Crippen LogP contribution in [0.3, 0.4) is 0 Å². The molecule has 0 aliphatic carbocycles. The van der Waals surface area contributed by atoms with E-state index in [4.69, 9.17) is 0 Å². The van der Waals surface area contributed by atoms with Gasteiger partial charge in [0.05, 0.1) is 11.3 Å². The fourth-order valence-electron chi connectivity index (χ4n) is 4.39. The fraction of sp³-hybridized carbons (Fsp3) is 0.148. The van der Waals surface area contributed by atoms with Crippen LogP contribution >= 0.6 is 0 Å². The first-order chi connectivity index (χ1) is 16.4. The van der Waals surface area contributed by atoms with E-state index in [9.17, 15) is 17.6 Å². The van der Waals surface area contributed by atoms with E-state index >= 15 is 0 Å². The lowest BCUT2D eigenvalue weighted by atomic mass is 10.00. The predicted molar refractivity (Wildman–Crippen MR) is 130 cm³/mol. The summed E-state index contributed by atoms with van der Waals surface area (Å²) in [5, 5.41) is 5.08. The number of benzene rings is 4. The molecule has 0 spiro atoms. The van der Waals surface area contributed by atoms with Gasteiger partial charge in [0, 0.05) is 18.8 Å². The molecule has 34 heavy (non-hydrogen) atoms. The summed E-state index contributed by atoms with van der Waals surface area (Å²) in [4.78, 5) is 12.8. The van der Waals surface area contributed by atoms with Gasteiger partial charge in [-0.1, -0.05) is 48.5 Å². The van der Waals surface area contributed by atoms with Crippen molar-refractivity contribution in [1.29, 1.82) is 0 Å². The lowest BCUT2D eigenvalue weighted by Crippen LogP contribution is -2.36. The van der Waals surface area contributed by atoms with E-state index in [1.165, 1.54) is 16.4 Å². The molecule has 0 saturated carbocycles. The molecule has 0 saturated heterocycles. The van der Waals surface area contributed by atoms with E-state index in [2.05, 4.69) is 5.32 Å². The van der Waals surface area contributed by atoms with Gasteiger partial charge in [0.2, 0.25) is 15.9 Å². The molecule has 0 fully saturated rings. The van der Waals surface area contributed by atoms with Crippen molar-refractivity contribution < 1.29 is 17.6 Å². The largest absolute Gasteiger partial charge is 0.326 e. The third-order valence-corrected chi connectivity index (χ3v) is 8.01. The molecule has 172 valence electrons. The van der Waals surface area contributed by atoms with Gasteiger partial charge in [-0.15, -0.1) is 0 Å². The summed E-state index contributed by atoms with van der Waals surface area (Å²) in [6, 6.07) is 24.4. The topological polar surface area (TPSA) is 66.5 Å². The van der Waals surface area contributed by atoms with Gasteiger partial charge in [-0.3, -0.25) is 4.79 Å². The van der Waals surface area contributed by atoms with E-state index in [0.29, 0.717) is 18.7 Å². The molecule has 7 heteroatoms. The van der Waals surface area contributed by atoms with Crippen molar-refractivity contribution in [3.63, 3.8) is 0 Å². The molecule has 5 nitrogen and oxygen atoms in total. The van der Waals surface area contributed by atoms with Crippen molar-refractivity contribution in [3.8, 4) is 0 Å². The third-order valence-electron chi connectivity index (χ3n) is 6.15. The number of halogens is 1. The summed E-state index contributed by atoms with van der Waals surface area (Å²) in [6.07, 6.45) is 0.809. The molecular formula is C27H23FN2O3S. The van der Waals surface area contributed by atoms with Crippen LogP contribution in [0.4, 0.5) is 10.1 Å². The van der Waals surface area contributed by atoms with Gasteiger partial charge < -0.3 is 5.32 Å². The van der Waals surface area contributed by atoms with Crippen LogP contribution in [0.1, 0.15) is 16.7 Å². The normalized spacial score (nSPS) is 14.0. The van der Waals surface area contributed by atoms with E-state index < -0.39 is 15.8 Å².